The van der Waals surface area contributed by atoms with Crippen molar-refractivity contribution < 1.29 is 9.18 Å². The fraction of sp³-hybridized carbons (Fsp3) is 0.105. The summed E-state index contributed by atoms with van der Waals surface area (Å²) in [6, 6.07) is 13.7. The Bertz CT molecular complexity index is 885. The normalized spacial score (nSPS) is 10.4. The van der Waals surface area contributed by atoms with E-state index in [9.17, 15) is 9.18 Å². The number of carbonyl (C=O) groups excluding carboxylic acids is 1. The molecule has 0 atom stereocenters. The van der Waals surface area contributed by atoms with E-state index in [1.165, 1.54) is 18.5 Å². The second-order valence-electron chi connectivity index (χ2n) is 5.54. The molecule has 0 unspecified atom stereocenters. The van der Waals surface area contributed by atoms with Gasteiger partial charge in [-0.25, -0.2) is 14.4 Å². The molecule has 2 N–H and O–H groups in total. The van der Waals surface area contributed by atoms with Crippen LogP contribution in [0.2, 0.25) is 5.02 Å². The topological polar surface area (TPSA) is 66.9 Å². The van der Waals surface area contributed by atoms with Crippen LogP contribution in [-0.2, 0) is 13.1 Å². The number of halogens is 2. The average Bonchev–Trinajstić information content (AvgIpc) is 2.67. The highest BCUT2D eigenvalue weighted by Gasteiger charge is 2.08. The maximum absolute atomic E-state index is 13.6. The van der Waals surface area contributed by atoms with Crippen molar-refractivity contribution in [2.45, 2.75) is 13.1 Å². The summed E-state index contributed by atoms with van der Waals surface area (Å²) in [6.07, 6.45) is 2.82. The van der Waals surface area contributed by atoms with E-state index >= 15 is 0 Å². The summed E-state index contributed by atoms with van der Waals surface area (Å²) in [6.45, 7) is 0.647. The Balaban J connectivity index is 1.54. The lowest BCUT2D eigenvalue weighted by molar-refractivity contribution is 0.0945. The molecule has 26 heavy (non-hydrogen) atoms. The molecule has 3 rings (SSSR count). The molecule has 0 aliphatic rings. The molecular weight excluding hydrogens is 355 g/mol. The molecule has 132 valence electrons. The molecule has 0 radical (unpaired) electrons. The highest BCUT2D eigenvalue weighted by molar-refractivity contribution is 6.30. The number of aromatic nitrogens is 2. The van der Waals surface area contributed by atoms with Gasteiger partial charge in [-0.1, -0.05) is 41.9 Å². The first-order chi connectivity index (χ1) is 12.6. The summed E-state index contributed by atoms with van der Waals surface area (Å²) in [5.74, 6) is -0.151. The smallest absolute Gasteiger partial charge is 0.271 e. The number of benzene rings is 2. The van der Waals surface area contributed by atoms with E-state index in [4.69, 9.17) is 11.6 Å². The van der Waals surface area contributed by atoms with Crippen molar-refractivity contribution in [3.8, 4) is 0 Å². The van der Waals surface area contributed by atoms with Gasteiger partial charge in [0.2, 0.25) is 0 Å². The van der Waals surface area contributed by atoms with Gasteiger partial charge in [-0.3, -0.25) is 4.79 Å². The molecule has 0 bridgehead atoms. The van der Waals surface area contributed by atoms with Crippen molar-refractivity contribution in [2.24, 2.45) is 0 Å². The average molecular weight is 371 g/mol. The molecule has 0 spiro atoms. The predicted octanol–water partition coefficient (Wildman–Crippen LogP) is 3.81. The third kappa shape index (κ3) is 4.77. The van der Waals surface area contributed by atoms with Crippen molar-refractivity contribution >= 4 is 23.3 Å². The minimum atomic E-state index is -0.326. The Labute approximate surface area is 155 Å². The molecule has 7 heteroatoms. The third-order valence-electron chi connectivity index (χ3n) is 3.67. The quantitative estimate of drug-likeness (QED) is 0.692. The molecule has 2 aromatic carbocycles. The monoisotopic (exact) mass is 370 g/mol. The zero-order valence-corrected chi connectivity index (χ0v) is 14.5. The van der Waals surface area contributed by atoms with Crippen LogP contribution in [0.25, 0.3) is 0 Å². The van der Waals surface area contributed by atoms with E-state index in [-0.39, 0.29) is 24.0 Å². The van der Waals surface area contributed by atoms with Crippen LogP contribution in [0.3, 0.4) is 0 Å². The van der Waals surface area contributed by atoms with Crippen LogP contribution in [0.4, 0.5) is 10.2 Å². The summed E-state index contributed by atoms with van der Waals surface area (Å²) in [5, 5.41) is 6.38. The van der Waals surface area contributed by atoms with Gasteiger partial charge in [0, 0.05) is 23.7 Å². The molecule has 1 amide bonds. The number of rotatable bonds is 6. The highest BCUT2D eigenvalue weighted by atomic mass is 35.5. The standard InChI is InChI=1S/C19H16ClFN4O/c20-15-7-5-13(6-8-15)9-25-19(26)17-11-24-18(12-22-17)23-10-14-3-1-2-4-16(14)21/h1-8,11-12H,9-10H2,(H,23,24)(H,25,26). The molecule has 0 saturated carbocycles. The summed E-state index contributed by atoms with van der Waals surface area (Å²) in [4.78, 5) is 20.3. The fourth-order valence-electron chi connectivity index (χ4n) is 2.24. The van der Waals surface area contributed by atoms with Gasteiger partial charge in [0.1, 0.15) is 17.3 Å². The summed E-state index contributed by atoms with van der Waals surface area (Å²) in [7, 11) is 0. The Kier molecular flexibility index (Phi) is 5.76. The summed E-state index contributed by atoms with van der Waals surface area (Å²) >= 11 is 5.83. The first kappa shape index (κ1) is 17.8. The van der Waals surface area contributed by atoms with Gasteiger partial charge in [-0.15, -0.1) is 0 Å². The highest BCUT2D eigenvalue weighted by Crippen LogP contribution is 2.10. The number of nitrogens with zero attached hydrogens (tertiary/aromatic N) is 2. The maximum Gasteiger partial charge on any atom is 0.271 e. The largest absolute Gasteiger partial charge is 0.365 e. The first-order valence-electron chi connectivity index (χ1n) is 7.94. The lowest BCUT2D eigenvalue weighted by Gasteiger charge is -2.08. The summed E-state index contributed by atoms with van der Waals surface area (Å²) < 4.78 is 13.6. The van der Waals surface area contributed by atoms with Gasteiger partial charge in [0.05, 0.1) is 12.4 Å². The van der Waals surface area contributed by atoms with Crippen LogP contribution in [0, 0.1) is 5.82 Å². The molecule has 5 nitrogen and oxygen atoms in total. The lowest BCUT2D eigenvalue weighted by atomic mass is 10.2. The van der Waals surface area contributed by atoms with Gasteiger partial charge < -0.3 is 10.6 Å². The Hall–Kier alpha value is -2.99. The lowest BCUT2D eigenvalue weighted by Crippen LogP contribution is -2.24. The van der Waals surface area contributed by atoms with Crippen LogP contribution in [-0.4, -0.2) is 15.9 Å². The summed E-state index contributed by atoms with van der Waals surface area (Å²) in [5.41, 5.74) is 1.66. The van der Waals surface area contributed by atoms with E-state index in [1.807, 2.05) is 12.1 Å². The molecule has 0 aliphatic heterocycles. The van der Waals surface area contributed by atoms with Crippen molar-refractivity contribution in [3.63, 3.8) is 0 Å². The van der Waals surface area contributed by atoms with Crippen LogP contribution < -0.4 is 10.6 Å². The van der Waals surface area contributed by atoms with Crippen LogP contribution in [0.1, 0.15) is 21.6 Å². The van der Waals surface area contributed by atoms with Crippen molar-refractivity contribution in [1.29, 1.82) is 0 Å². The second-order valence-corrected chi connectivity index (χ2v) is 5.98. The number of amides is 1. The molecule has 0 fully saturated rings. The van der Waals surface area contributed by atoms with E-state index < -0.39 is 0 Å². The number of hydrogen-bond donors (Lipinski definition) is 2. The Morgan fingerprint density at radius 2 is 1.77 bits per heavy atom. The van der Waals surface area contributed by atoms with Crippen LogP contribution in [0.15, 0.2) is 60.9 Å². The third-order valence-corrected chi connectivity index (χ3v) is 3.92. The molecule has 1 heterocycles. The van der Waals surface area contributed by atoms with E-state index in [2.05, 4.69) is 20.6 Å². The van der Waals surface area contributed by atoms with E-state index in [0.29, 0.717) is 22.9 Å². The number of hydrogen-bond acceptors (Lipinski definition) is 4. The molecular formula is C19H16ClFN4O. The van der Waals surface area contributed by atoms with Gasteiger partial charge in [0.15, 0.2) is 0 Å². The SMILES string of the molecule is O=C(NCc1ccc(Cl)cc1)c1cnc(NCc2ccccc2F)cn1. The maximum atomic E-state index is 13.6. The van der Waals surface area contributed by atoms with Crippen LogP contribution in [0.5, 0.6) is 0 Å². The van der Waals surface area contributed by atoms with Crippen molar-refractivity contribution in [1.82, 2.24) is 15.3 Å². The molecule has 3 aromatic rings. The molecule has 1 aromatic heterocycles. The zero-order valence-electron chi connectivity index (χ0n) is 13.7. The van der Waals surface area contributed by atoms with Gasteiger partial charge in [0.25, 0.3) is 5.91 Å². The Morgan fingerprint density at radius 1 is 1.00 bits per heavy atom. The minimum Gasteiger partial charge on any atom is -0.365 e. The zero-order chi connectivity index (χ0) is 18.4. The first-order valence-corrected chi connectivity index (χ1v) is 8.31. The van der Waals surface area contributed by atoms with Crippen molar-refractivity contribution in [2.75, 3.05) is 5.32 Å². The van der Waals surface area contributed by atoms with Gasteiger partial charge in [-0.2, -0.15) is 0 Å². The van der Waals surface area contributed by atoms with Gasteiger partial charge >= 0.3 is 0 Å². The number of anilines is 1. The fourth-order valence-corrected chi connectivity index (χ4v) is 2.37. The molecule has 0 saturated heterocycles. The number of nitrogens with one attached hydrogen (secondary N) is 2. The van der Waals surface area contributed by atoms with Crippen LogP contribution >= 0.6 is 11.6 Å². The van der Waals surface area contributed by atoms with E-state index in [1.54, 1.807) is 30.3 Å². The van der Waals surface area contributed by atoms with Crippen molar-refractivity contribution in [3.05, 3.63) is 88.6 Å². The Morgan fingerprint density at radius 3 is 2.46 bits per heavy atom. The minimum absolute atomic E-state index is 0.204. The van der Waals surface area contributed by atoms with E-state index in [0.717, 1.165) is 5.56 Å². The van der Waals surface area contributed by atoms with Gasteiger partial charge in [-0.05, 0) is 23.8 Å². The molecule has 0 aliphatic carbocycles. The second kappa shape index (κ2) is 8.40. The predicted molar refractivity (Wildman–Crippen MR) is 98.4 cm³/mol. The number of carbonyl (C=O) groups is 1.